The number of benzene rings is 3. The number of rotatable bonds is 2. The van der Waals surface area contributed by atoms with Gasteiger partial charge in [0.1, 0.15) is 0 Å². The molecule has 23 heavy (non-hydrogen) atoms. The summed E-state index contributed by atoms with van der Waals surface area (Å²) >= 11 is 3.58. The van der Waals surface area contributed by atoms with E-state index in [1.165, 1.54) is 0 Å². The van der Waals surface area contributed by atoms with Crippen LogP contribution in [0.3, 0.4) is 0 Å². The summed E-state index contributed by atoms with van der Waals surface area (Å²) in [5.41, 5.74) is 2.75. The molecule has 1 aliphatic heterocycles. The lowest BCUT2D eigenvalue weighted by atomic mass is 9.81. The van der Waals surface area contributed by atoms with E-state index >= 15 is 0 Å². The van der Waals surface area contributed by atoms with Crippen LogP contribution in [0.15, 0.2) is 88.3 Å². The fourth-order valence-electron chi connectivity index (χ4n) is 3.09. The van der Waals surface area contributed by atoms with Gasteiger partial charge in [-0.15, -0.1) is 0 Å². The number of para-hydroxylation sites is 1. The Balaban J connectivity index is 2.01. The van der Waals surface area contributed by atoms with E-state index < -0.39 is 5.60 Å². The normalized spacial score (nSPS) is 19.3. The molecule has 0 fully saturated rings. The van der Waals surface area contributed by atoms with E-state index in [4.69, 9.17) is 4.99 Å². The Morgan fingerprint density at radius 1 is 0.783 bits per heavy atom. The average Bonchev–Trinajstić information content (AvgIpc) is 2.91. The van der Waals surface area contributed by atoms with Gasteiger partial charge in [-0.2, -0.15) is 0 Å². The van der Waals surface area contributed by atoms with Gasteiger partial charge in [0.15, 0.2) is 5.60 Å². The van der Waals surface area contributed by atoms with Crippen molar-refractivity contribution in [3.05, 3.63) is 100 Å². The van der Waals surface area contributed by atoms with Crippen LogP contribution >= 0.6 is 15.9 Å². The van der Waals surface area contributed by atoms with Crippen LogP contribution in [0.2, 0.25) is 0 Å². The minimum absolute atomic E-state index is 0.650. The Kier molecular flexibility index (Phi) is 3.40. The van der Waals surface area contributed by atoms with E-state index in [1.54, 1.807) is 0 Å². The summed E-state index contributed by atoms with van der Waals surface area (Å²) in [5, 5.41) is 11.7. The molecule has 3 aromatic carbocycles. The highest BCUT2D eigenvalue weighted by atomic mass is 79.9. The molecule has 3 aromatic rings. The molecule has 0 saturated heterocycles. The van der Waals surface area contributed by atoms with Crippen LogP contribution in [0.1, 0.15) is 16.7 Å². The Labute approximate surface area is 143 Å². The van der Waals surface area contributed by atoms with Crippen LogP contribution in [0.4, 0.5) is 5.69 Å². The SMILES string of the molecule is OC1(c2ccccc2)C(c2ccccc2Br)=Nc2ccccc21. The van der Waals surface area contributed by atoms with Gasteiger partial charge in [0, 0.05) is 15.6 Å². The average molecular weight is 364 g/mol. The van der Waals surface area contributed by atoms with Crippen molar-refractivity contribution in [2.75, 3.05) is 0 Å². The molecular formula is C20H14BrNO. The standard InChI is InChI=1S/C20H14BrNO/c21-17-12-6-4-10-15(17)19-20(23,14-8-2-1-3-9-14)16-11-5-7-13-18(16)22-19/h1-13,23H. The monoisotopic (exact) mass is 363 g/mol. The zero-order chi connectivity index (χ0) is 15.9. The van der Waals surface area contributed by atoms with Gasteiger partial charge in [-0.05, 0) is 17.7 Å². The molecule has 0 saturated carbocycles. The third-order valence-electron chi connectivity index (χ3n) is 4.19. The van der Waals surface area contributed by atoms with E-state index in [-0.39, 0.29) is 0 Å². The number of fused-ring (bicyclic) bond motifs is 1. The molecule has 112 valence electrons. The van der Waals surface area contributed by atoms with Crippen LogP contribution in [0, 0.1) is 0 Å². The van der Waals surface area contributed by atoms with Crippen molar-refractivity contribution < 1.29 is 5.11 Å². The lowest BCUT2D eigenvalue weighted by molar-refractivity contribution is 0.160. The van der Waals surface area contributed by atoms with Gasteiger partial charge in [0.05, 0.1) is 11.4 Å². The van der Waals surface area contributed by atoms with Crippen molar-refractivity contribution in [2.24, 2.45) is 4.99 Å². The van der Waals surface area contributed by atoms with Gasteiger partial charge in [-0.1, -0.05) is 82.7 Å². The van der Waals surface area contributed by atoms with E-state index in [0.717, 1.165) is 26.9 Å². The summed E-state index contributed by atoms with van der Waals surface area (Å²) in [6.07, 6.45) is 0. The summed E-state index contributed by atoms with van der Waals surface area (Å²) in [4.78, 5) is 4.75. The fourth-order valence-corrected chi connectivity index (χ4v) is 3.56. The highest BCUT2D eigenvalue weighted by Crippen LogP contribution is 2.45. The first-order valence-corrected chi connectivity index (χ1v) is 8.22. The zero-order valence-electron chi connectivity index (χ0n) is 12.3. The number of aliphatic hydroxyl groups is 1. The molecule has 0 amide bonds. The quantitative estimate of drug-likeness (QED) is 0.695. The molecule has 0 aliphatic carbocycles. The number of aliphatic imine (C=N–C) groups is 1. The molecule has 1 N–H and O–H groups in total. The summed E-state index contributed by atoms with van der Waals surface area (Å²) in [6.45, 7) is 0. The highest BCUT2D eigenvalue weighted by molar-refractivity contribution is 9.10. The van der Waals surface area contributed by atoms with E-state index in [0.29, 0.717) is 5.71 Å². The second-order valence-corrected chi connectivity index (χ2v) is 6.39. The smallest absolute Gasteiger partial charge is 0.160 e. The fraction of sp³-hybridized carbons (Fsp3) is 0.0500. The van der Waals surface area contributed by atoms with Gasteiger partial charge in [-0.3, -0.25) is 0 Å². The topological polar surface area (TPSA) is 32.6 Å². The molecule has 1 aliphatic rings. The number of hydrogen-bond donors (Lipinski definition) is 1. The first-order valence-electron chi connectivity index (χ1n) is 7.43. The molecule has 1 heterocycles. The van der Waals surface area contributed by atoms with E-state index in [1.807, 2.05) is 78.9 Å². The Morgan fingerprint density at radius 2 is 1.43 bits per heavy atom. The summed E-state index contributed by atoms with van der Waals surface area (Å²) in [7, 11) is 0. The predicted octanol–water partition coefficient (Wildman–Crippen LogP) is 4.82. The minimum atomic E-state index is -1.25. The third-order valence-corrected chi connectivity index (χ3v) is 4.88. The summed E-state index contributed by atoms with van der Waals surface area (Å²) in [5.74, 6) is 0. The molecule has 1 unspecified atom stereocenters. The molecule has 0 bridgehead atoms. The van der Waals surface area contributed by atoms with E-state index in [9.17, 15) is 5.11 Å². The largest absolute Gasteiger partial charge is 0.374 e. The number of nitrogens with zero attached hydrogens (tertiary/aromatic N) is 1. The van der Waals surface area contributed by atoms with Gasteiger partial charge in [0.25, 0.3) is 0 Å². The molecule has 0 spiro atoms. The van der Waals surface area contributed by atoms with Crippen LogP contribution < -0.4 is 0 Å². The van der Waals surface area contributed by atoms with E-state index in [2.05, 4.69) is 15.9 Å². The molecule has 3 heteroatoms. The van der Waals surface area contributed by atoms with Crippen molar-refractivity contribution in [3.63, 3.8) is 0 Å². The zero-order valence-corrected chi connectivity index (χ0v) is 13.9. The molecule has 2 nitrogen and oxygen atoms in total. The molecule has 0 aromatic heterocycles. The van der Waals surface area contributed by atoms with Crippen LogP contribution in [-0.4, -0.2) is 10.8 Å². The maximum atomic E-state index is 11.7. The lowest BCUT2D eigenvalue weighted by Crippen LogP contribution is -2.35. The van der Waals surface area contributed by atoms with Crippen molar-refractivity contribution in [2.45, 2.75) is 5.60 Å². The predicted molar refractivity (Wildman–Crippen MR) is 96.2 cm³/mol. The third kappa shape index (κ3) is 2.16. The van der Waals surface area contributed by atoms with Gasteiger partial charge in [0.2, 0.25) is 0 Å². The van der Waals surface area contributed by atoms with Gasteiger partial charge < -0.3 is 5.11 Å². The van der Waals surface area contributed by atoms with Crippen LogP contribution in [0.25, 0.3) is 0 Å². The Bertz CT molecular complexity index is 904. The first kappa shape index (κ1) is 14.4. The highest BCUT2D eigenvalue weighted by Gasteiger charge is 2.44. The van der Waals surface area contributed by atoms with Crippen molar-refractivity contribution in [1.29, 1.82) is 0 Å². The van der Waals surface area contributed by atoms with Crippen LogP contribution in [0.5, 0.6) is 0 Å². The second kappa shape index (κ2) is 5.44. The minimum Gasteiger partial charge on any atom is -0.374 e. The van der Waals surface area contributed by atoms with Gasteiger partial charge in [-0.25, -0.2) is 4.99 Å². The maximum Gasteiger partial charge on any atom is 0.160 e. The van der Waals surface area contributed by atoms with Crippen molar-refractivity contribution in [1.82, 2.24) is 0 Å². The number of halogens is 1. The molecule has 0 radical (unpaired) electrons. The maximum absolute atomic E-state index is 11.7. The second-order valence-electron chi connectivity index (χ2n) is 5.53. The Morgan fingerprint density at radius 3 is 2.22 bits per heavy atom. The van der Waals surface area contributed by atoms with Crippen LogP contribution in [-0.2, 0) is 5.60 Å². The summed E-state index contributed by atoms with van der Waals surface area (Å²) < 4.78 is 0.918. The Hall–Kier alpha value is -2.23. The summed E-state index contributed by atoms with van der Waals surface area (Å²) in [6, 6.07) is 25.3. The van der Waals surface area contributed by atoms with Crippen molar-refractivity contribution >= 4 is 27.3 Å². The van der Waals surface area contributed by atoms with Crippen molar-refractivity contribution in [3.8, 4) is 0 Å². The molecule has 1 atom stereocenters. The van der Waals surface area contributed by atoms with Gasteiger partial charge >= 0.3 is 0 Å². The number of hydrogen-bond acceptors (Lipinski definition) is 2. The molecular weight excluding hydrogens is 350 g/mol. The lowest BCUT2D eigenvalue weighted by Gasteiger charge is -2.27. The first-order chi connectivity index (χ1) is 11.2. The molecule has 4 rings (SSSR count).